The molecular weight excluding hydrogens is 669 g/mol. The van der Waals surface area contributed by atoms with E-state index in [1.807, 2.05) is 12.2 Å². The lowest BCUT2D eigenvalue weighted by Crippen LogP contribution is -2.34. The van der Waals surface area contributed by atoms with Crippen molar-refractivity contribution in [3.8, 4) is 0 Å². The van der Waals surface area contributed by atoms with Gasteiger partial charge in [-0.2, -0.15) is 0 Å². The van der Waals surface area contributed by atoms with Crippen molar-refractivity contribution in [2.24, 2.45) is 5.73 Å². The highest BCUT2D eigenvalue weighted by Crippen LogP contribution is 2.43. The smallest absolute Gasteiger partial charge is 0.472 e. The number of phosphoric ester groups is 1. The van der Waals surface area contributed by atoms with Crippen molar-refractivity contribution in [2.75, 3.05) is 26.4 Å². The predicted molar refractivity (Wildman–Crippen MR) is 207 cm³/mol. The van der Waals surface area contributed by atoms with E-state index in [1.54, 1.807) is 0 Å². The number of hydrogen-bond donors (Lipinski definition) is 3. The molecule has 0 spiro atoms. The Morgan fingerprint density at radius 3 is 1.71 bits per heavy atom. The number of aliphatic carboxylic acids is 1. The van der Waals surface area contributed by atoms with Crippen molar-refractivity contribution in [3.05, 3.63) is 85.1 Å². The lowest BCUT2D eigenvalue weighted by Gasteiger charge is -2.20. The fourth-order valence-corrected chi connectivity index (χ4v) is 5.07. The van der Waals surface area contributed by atoms with Crippen LogP contribution in [0.15, 0.2) is 85.1 Å². The zero-order chi connectivity index (χ0) is 37.7. The standard InChI is InChI=1S/C40H66NO9P/c1-3-5-7-9-11-13-15-17-18-19-21-23-25-27-29-31-33-47-34-37(35-48-51(45,46)49-36-38(41)40(43)44)50-39(42)32-30-28-26-24-22-20-16-14-12-10-8-6-4-2/h5,7-8,10-11,13-14,16-18,21,23,27,29,37-38H,3-4,6,9,12,15,19-20,22,24-26,28,30-36,41H2,1-2H3,(H,43,44)(H,45,46)/b7-5-,10-8-,13-11-,16-14-,18-17-,23-21-,29-27-. The molecule has 4 N–H and O–H groups in total. The van der Waals surface area contributed by atoms with Crippen LogP contribution in [0.2, 0.25) is 0 Å². The zero-order valence-corrected chi connectivity index (χ0v) is 32.1. The molecule has 0 amide bonds. The first-order valence-corrected chi connectivity index (χ1v) is 20.1. The Bertz CT molecular complexity index is 1130. The lowest BCUT2D eigenvalue weighted by atomic mass is 10.1. The van der Waals surface area contributed by atoms with Crippen LogP contribution in [-0.4, -0.2) is 60.5 Å². The molecule has 51 heavy (non-hydrogen) atoms. The van der Waals surface area contributed by atoms with Crippen LogP contribution in [0.4, 0.5) is 0 Å². The van der Waals surface area contributed by atoms with Crippen LogP contribution in [0.3, 0.4) is 0 Å². The molecule has 0 bridgehead atoms. The van der Waals surface area contributed by atoms with Crippen molar-refractivity contribution in [1.29, 1.82) is 0 Å². The highest BCUT2D eigenvalue weighted by molar-refractivity contribution is 7.47. The number of allylic oxidation sites excluding steroid dienone is 13. The summed E-state index contributed by atoms with van der Waals surface area (Å²) in [5, 5.41) is 8.86. The summed E-state index contributed by atoms with van der Waals surface area (Å²) < 4.78 is 33.1. The summed E-state index contributed by atoms with van der Waals surface area (Å²) in [7, 11) is -4.64. The Morgan fingerprint density at radius 1 is 0.647 bits per heavy atom. The third kappa shape index (κ3) is 35.3. The number of hydrogen-bond acceptors (Lipinski definition) is 8. The van der Waals surface area contributed by atoms with Crippen LogP contribution in [0.25, 0.3) is 0 Å². The van der Waals surface area contributed by atoms with E-state index in [9.17, 15) is 19.0 Å². The fraction of sp³-hybridized carbons (Fsp3) is 0.600. The highest BCUT2D eigenvalue weighted by atomic mass is 31.2. The minimum Gasteiger partial charge on any atom is -0.480 e. The Labute approximate surface area is 307 Å². The summed E-state index contributed by atoms with van der Waals surface area (Å²) in [4.78, 5) is 33.4. The van der Waals surface area contributed by atoms with Gasteiger partial charge in [0.05, 0.1) is 26.4 Å². The summed E-state index contributed by atoms with van der Waals surface area (Å²) in [5.74, 6) is -1.84. The number of carbonyl (C=O) groups is 2. The van der Waals surface area contributed by atoms with E-state index in [-0.39, 0.29) is 13.0 Å². The first-order chi connectivity index (χ1) is 24.7. The van der Waals surface area contributed by atoms with Gasteiger partial charge in [0.1, 0.15) is 12.1 Å². The molecule has 290 valence electrons. The molecule has 0 saturated heterocycles. The molecule has 0 rings (SSSR count). The van der Waals surface area contributed by atoms with Crippen molar-refractivity contribution < 1.29 is 42.7 Å². The molecule has 0 aliphatic heterocycles. The molecule has 0 saturated carbocycles. The average molecular weight is 736 g/mol. The van der Waals surface area contributed by atoms with Gasteiger partial charge >= 0.3 is 19.8 Å². The maximum atomic E-state index is 12.5. The van der Waals surface area contributed by atoms with Gasteiger partial charge in [0, 0.05) is 6.42 Å². The van der Waals surface area contributed by atoms with E-state index < -0.39 is 45.1 Å². The van der Waals surface area contributed by atoms with Gasteiger partial charge < -0.3 is 25.2 Å². The van der Waals surface area contributed by atoms with E-state index in [2.05, 4.69) is 91.3 Å². The van der Waals surface area contributed by atoms with Crippen LogP contribution in [0, 0.1) is 0 Å². The quantitative estimate of drug-likeness (QED) is 0.0252. The zero-order valence-electron chi connectivity index (χ0n) is 31.2. The highest BCUT2D eigenvalue weighted by Gasteiger charge is 2.27. The number of esters is 1. The lowest BCUT2D eigenvalue weighted by molar-refractivity contribution is -0.154. The van der Waals surface area contributed by atoms with Gasteiger partial charge in [-0.25, -0.2) is 4.57 Å². The molecule has 3 atom stereocenters. The number of nitrogens with two attached hydrogens (primary N) is 1. The molecule has 0 fully saturated rings. The molecule has 0 aliphatic rings. The summed E-state index contributed by atoms with van der Waals surface area (Å²) in [6.07, 6.45) is 43.8. The molecule has 0 aromatic rings. The summed E-state index contributed by atoms with van der Waals surface area (Å²) in [5.41, 5.74) is 5.33. The number of ether oxygens (including phenoxy) is 2. The van der Waals surface area contributed by atoms with E-state index in [1.165, 1.54) is 6.42 Å². The second-order valence-corrected chi connectivity index (χ2v) is 13.4. The monoisotopic (exact) mass is 735 g/mol. The average Bonchev–Trinajstić information content (AvgIpc) is 3.10. The van der Waals surface area contributed by atoms with Crippen LogP contribution < -0.4 is 5.73 Å². The minimum atomic E-state index is -4.64. The van der Waals surface area contributed by atoms with Crippen LogP contribution in [-0.2, 0) is 32.7 Å². The maximum Gasteiger partial charge on any atom is 0.472 e. The second-order valence-electron chi connectivity index (χ2n) is 12.0. The number of carbonyl (C=O) groups excluding carboxylic acids is 1. The molecule has 10 nitrogen and oxygen atoms in total. The van der Waals surface area contributed by atoms with Gasteiger partial charge in [-0.05, 0) is 70.6 Å². The number of unbranched alkanes of at least 4 members (excludes halogenated alkanes) is 6. The topological polar surface area (TPSA) is 155 Å². The first kappa shape index (κ1) is 48.1. The van der Waals surface area contributed by atoms with Crippen LogP contribution >= 0.6 is 7.82 Å². The Morgan fingerprint density at radius 2 is 1.14 bits per heavy atom. The van der Waals surface area contributed by atoms with Crippen LogP contribution in [0.1, 0.15) is 117 Å². The van der Waals surface area contributed by atoms with Crippen LogP contribution in [0.5, 0.6) is 0 Å². The van der Waals surface area contributed by atoms with Gasteiger partial charge in [-0.3, -0.25) is 18.6 Å². The number of carboxylic acid groups (broad SMARTS) is 1. The van der Waals surface area contributed by atoms with E-state index in [0.29, 0.717) is 19.4 Å². The van der Waals surface area contributed by atoms with Gasteiger partial charge in [0.2, 0.25) is 0 Å². The molecule has 0 heterocycles. The Kier molecular flexibility index (Phi) is 33.6. The maximum absolute atomic E-state index is 12.5. The minimum absolute atomic E-state index is 0.0486. The molecule has 11 heteroatoms. The summed E-state index contributed by atoms with van der Waals surface area (Å²) in [6.45, 7) is 3.42. The second kappa shape index (κ2) is 35.5. The van der Waals surface area contributed by atoms with Crippen molar-refractivity contribution in [1.82, 2.24) is 0 Å². The number of carboxylic acids is 1. The third-order valence-electron chi connectivity index (χ3n) is 7.16. The molecule has 0 aliphatic carbocycles. The molecule has 0 aromatic heterocycles. The van der Waals surface area contributed by atoms with Gasteiger partial charge in [0.25, 0.3) is 0 Å². The van der Waals surface area contributed by atoms with Crippen molar-refractivity contribution in [3.63, 3.8) is 0 Å². The predicted octanol–water partition coefficient (Wildman–Crippen LogP) is 9.64. The Balaban J connectivity index is 4.49. The normalized spacial score (nSPS) is 15.1. The fourth-order valence-electron chi connectivity index (χ4n) is 4.29. The molecule has 0 radical (unpaired) electrons. The SMILES string of the molecule is CC/C=C\C/C=C\C/C=C\C/C=C\C/C=C\CCOCC(COP(=O)(O)OCC(N)C(=O)O)OC(=O)CCCCCCC/C=C\C/C=C\CCC. The van der Waals surface area contributed by atoms with E-state index in [4.69, 9.17) is 24.8 Å². The van der Waals surface area contributed by atoms with E-state index >= 15 is 0 Å². The Hall–Kier alpha value is -2.85. The van der Waals surface area contributed by atoms with Gasteiger partial charge in [0.15, 0.2) is 0 Å². The molecule has 0 aromatic carbocycles. The van der Waals surface area contributed by atoms with E-state index in [0.717, 1.165) is 77.0 Å². The van der Waals surface area contributed by atoms with Gasteiger partial charge in [-0.15, -0.1) is 0 Å². The molecule has 3 unspecified atom stereocenters. The third-order valence-corrected chi connectivity index (χ3v) is 8.11. The van der Waals surface area contributed by atoms with Crippen molar-refractivity contribution in [2.45, 2.75) is 129 Å². The number of rotatable bonds is 34. The van der Waals surface area contributed by atoms with Gasteiger partial charge in [-0.1, -0.05) is 125 Å². The largest absolute Gasteiger partial charge is 0.480 e. The first-order valence-electron chi connectivity index (χ1n) is 18.6. The summed E-state index contributed by atoms with van der Waals surface area (Å²) in [6, 6.07) is -1.49. The van der Waals surface area contributed by atoms with Crippen molar-refractivity contribution >= 4 is 19.8 Å². The number of phosphoric acid groups is 1. The molecular formula is C40H66NO9P. The summed E-state index contributed by atoms with van der Waals surface area (Å²) >= 11 is 0.